The van der Waals surface area contributed by atoms with E-state index in [0.29, 0.717) is 0 Å². The lowest BCUT2D eigenvalue weighted by Crippen LogP contribution is -2.40. The van der Waals surface area contributed by atoms with E-state index >= 15 is 0 Å². The SMILES string of the molecule is O=C(Nc1ccc(C(F)(F)F)cc1Cl)c1cc(Cl)ccc1C(=O)NC1CCC1. The molecular weight excluding hydrogens is 416 g/mol. The molecule has 0 heterocycles. The Bertz CT molecular complexity index is 928. The van der Waals surface area contributed by atoms with Gasteiger partial charge in [-0.15, -0.1) is 0 Å². The lowest BCUT2D eigenvalue weighted by molar-refractivity contribution is -0.137. The molecule has 0 bridgehead atoms. The molecule has 0 spiro atoms. The minimum atomic E-state index is -4.55. The van der Waals surface area contributed by atoms with Crippen molar-refractivity contribution in [3.63, 3.8) is 0 Å². The maximum atomic E-state index is 12.7. The number of carbonyl (C=O) groups excluding carboxylic acids is 2. The summed E-state index contributed by atoms with van der Waals surface area (Å²) in [6.07, 6.45) is -1.76. The highest BCUT2D eigenvalue weighted by molar-refractivity contribution is 6.34. The van der Waals surface area contributed by atoms with Crippen LogP contribution >= 0.6 is 23.2 Å². The van der Waals surface area contributed by atoms with Crippen LogP contribution < -0.4 is 10.6 Å². The third-order valence-corrected chi connectivity index (χ3v) is 5.00. The Morgan fingerprint density at radius 1 is 0.964 bits per heavy atom. The second-order valence-corrected chi connectivity index (χ2v) is 7.28. The van der Waals surface area contributed by atoms with Gasteiger partial charge in [0.2, 0.25) is 0 Å². The number of anilines is 1. The molecule has 4 nitrogen and oxygen atoms in total. The number of amides is 2. The van der Waals surface area contributed by atoms with Gasteiger partial charge in [-0.05, 0) is 55.7 Å². The van der Waals surface area contributed by atoms with E-state index in [0.717, 1.165) is 37.5 Å². The minimum absolute atomic E-state index is 0.000267. The van der Waals surface area contributed by atoms with Crippen molar-refractivity contribution in [2.75, 3.05) is 5.32 Å². The van der Waals surface area contributed by atoms with Crippen LogP contribution in [0.15, 0.2) is 36.4 Å². The van der Waals surface area contributed by atoms with E-state index in [4.69, 9.17) is 23.2 Å². The van der Waals surface area contributed by atoms with Crippen molar-refractivity contribution in [3.8, 4) is 0 Å². The fourth-order valence-electron chi connectivity index (χ4n) is 2.70. The van der Waals surface area contributed by atoms with Gasteiger partial charge in [0.1, 0.15) is 0 Å². The molecule has 2 N–H and O–H groups in total. The summed E-state index contributed by atoms with van der Waals surface area (Å²) >= 11 is 11.8. The number of hydrogen-bond donors (Lipinski definition) is 2. The Labute approximate surface area is 169 Å². The van der Waals surface area contributed by atoms with Gasteiger partial charge in [0.15, 0.2) is 0 Å². The topological polar surface area (TPSA) is 58.2 Å². The number of carbonyl (C=O) groups is 2. The molecule has 1 fully saturated rings. The summed E-state index contributed by atoms with van der Waals surface area (Å²) in [4.78, 5) is 25.1. The van der Waals surface area contributed by atoms with Crippen LogP contribution in [0.2, 0.25) is 10.0 Å². The molecule has 3 rings (SSSR count). The molecule has 0 unspecified atom stereocenters. The van der Waals surface area contributed by atoms with E-state index in [1.54, 1.807) is 0 Å². The van der Waals surface area contributed by atoms with Gasteiger partial charge in [0, 0.05) is 11.1 Å². The van der Waals surface area contributed by atoms with Gasteiger partial charge in [-0.3, -0.25) is 9.59 Å². The number of benzene rings is 2. The Kier molecular flexibility index (Phi) is 5.86. The minimum Gasteiger partial charge on any atom is -0.349 e. The Morgan fingerprint density at radius 2 is 1.68 bits per heavy atom. The third kappa shape index (κ3) is 4.59. The number of hydrogen-bond acceptors (Lipinski definition) is 2. The molecule has 0 aromatic heterocycles. The highest BCUT2D eigenvalue weighted by Crippen LogP contribution is 2.34. The van der Waals surface area contributed by atoms with Gasteiger partial charge in [-0.1, -0.05) is 23.2 Å². The molecular formula is C19H15Cl2F3N2O2. The first kappa shape index (κ1) is 20.5. The molecule has 2 aromatic carbocycles. The summed E-state index contributed by atoms with van der Waals surface area (Å²) < 4.78 is 38.2. The lowest BCUT2D eigenvalue weighted by Gasteiger charge is -2.26. The van der Waals surface area contributed by atoms with Crippen LogP contribution in [0.5, 0.6) is 0 Å². The van der Waals surface area contributed by atoms with Crippen molar-refractivity contribution < 1.29 is 22.8 Å². The van der Waals surface area contributed by atoms with Gasteiger partial charge >= 0.3 is 6.18 Å². The van der Waals surface area contributed by atoms with E-state index in [9.17, 15) is 22.8 Å². The summed E-state index contributed by atoms with van der Waals surface area (Å²) in [7, 11) is 0. The zero-order valence-electron chi connectivity index (χ0n) is 14.4. The van der Waals surface area contributed by atoms with Crippen LogP contribution in [-0.4, -0.2) is 17.9 Å². The van der Waals surface area contributed by atoms with E-state index in [2.05, 4.69) is 10.6 Å². The summed E-state index contributed by atoms with van der Waals surface area (Å²) in [5, 5.41) is 5.23. The van der Waals surface area contributed by atoms with Gasteiger partial charge in [-0.2, -0.15) is 13.2 Å². The zero-order valence-corrected chi connectivity index (χ0v) is 15.9. The maximum absolute atomic E-state index is 12.7. The number of halogens is 5. The highest BCUT2D eigenvalue weighted by Gasteiger charge is 2.31. The molecule has 0 aliphatic heterocycles. The quantitative estimate of drug-likeness (QED) is 0.668. The normalized spacial score (nSPS) is 14.3. The van der Waals surface area contributed by atoms with Gasteiger partial charge in [0.25, 0.3) is 11.8 Å². The fourth-order valence-corrected chi connectivity index (χ4v) is 3.10. The van der Waals surface area contributed by atoms with Crippen LogP contribution in [-0.2, 0) is 6.18 Å². The van der Waals surface area contributed by atoms with Crippen molar-refractivity contribution >= 4 is 40.7 Å². The molecule has 0 radical (unpaired) electrons. The molecule has 1 aliphatic rings. The van der Waals surface area contributed by atoms with Crippen LogP contribution in [0.4, 0.5) is 18.9 Å². The molecule has 1 saturated carbocycles. The summed E-state index contributed by atoms with van der Waals surface area (Å²) in [6, 6.07) is 6.90. The molecule has 0 atom stereocenters. The van der Waals surface area contributed by atoms with Gasteiger partial charge in [-0.25, -0.2) is 0 Å². The van der Waals surface area contributed by atoms with Crippen LogP contribution in [0, 0.1) is 0 Å². The van der Waals surface area contributed by atoms with Crippen LogP contribution in [0.3, 0.4) is 0 Å². The first-order chi connectivity index (χ1) is 13.1. The van der Waals surface area contributed by atoms with Crippen molar-refractivity contribution in [2.45, 2.75) is 31.5 Å². The van der Waals surface area contributed by atoms with Crippen molar-refractivity contribution in [3.05, 3.63) is 63.1 Å². The zero-order chi connectivity index (χ0) is 20.5. The van der Waals surface area contributed by atoms with Crippen LogP contribution in [0.25, 0.3) is 0 Å². The first-order valence-corrected chi connectivity index (χ1v) is 9.19. The third-order valence-electron chi connectivity index (χ3n) is 4.46. The first-order valence-electron chi connectivity index (χ1n) is 8.43. The van der Waals surface area contributed by atoms with Crippen molar-refractivity contribution in [1.82, 2.24) is 5.32 Å². The van der Waals surface area contributed by atoms with E-state index in [-0.39, 0.29) is 32.9 Å². The number of alkyl halides is 3. The molecule has 1 aliphatic carbocycles. The number of rotatable bonds is 4. The van der Waals surface area contributed by atoms with Crippen LogP contribution in [0.1, 0.15) is 45.5 Å². The average Bonchev–Trinajstić information content (AvgIpc) is 2.58. The summed E-state index contributed by atoms with van der Waals surface area (Å²) in [5.74, 6) is -1.12. The number of nitrogens with one attached hydrogen (secondary N) is 2. The maximum Gasteiger partial charge on any atom is 0.416 e. The monoisotopic (exact) mass is 430 g/mol. The van der Waals surface area contributed by atoms with E-state index in [1.165, 1.54) is 18.2 Å². The predicted molar refractivity (Wildman–Crippen MR) is 101 cm³/mol. The van der Waals surface area contributed by atoms with Gasteiger partial charge in [0.05, 0.1) is 27.4 Å². The molecule has 0 saturated heterocycles. The van der Waals surface area contributed by atoms with Crippen molar-refractivity contribution in [2.24, 2.45) is 0 Å². The Hall–Kier alpha value is -2.25. The molecule has 2 amide bonds. The van der Waals surface area contributed by atoms with E-state index in [1.807, 2.05) is 0 Å². The molecule has 2 aromatic rings. The second-order valence-electron chi connectivity index (χ2n) is 6.44. The summed E-state index contributed by atoms with van der Waals surface area (Å²) in [5.41, 5.74) is -0.819. The van der Waals surface area contributed by atoms with E-state index < -0.39 is 23.6 Å². The standard InChI is InChI=1S/C19H15Cl2F3N2O2/c20-11-5-6-13(17(27)25-12-2-1-3-12)14(9-11)18(28)26-16-7-4-10(8-15(16)21)19(22,23)24/h4-9,12H,1-3H2,(H,25,27)(H,26,28). The van der Waals surface area contributed by atoms with Crippen molar-refractivity contribution in [1.29, 1.82) is 0 Å². The Morgan fingerprint density at radius 3 is 2.25 bits per heavy atom. The lowest BCUT2D eigenvalue weighted by atomic mass is 9.92. The molecule has 9 heteroatoms. The second kappa shape index (κ2) is 8.01. The summed E-state index contributed by atoms with van der Waals surface area (Å²) in [6.45, 7) is 0. The largest absolute Gasteiger partial charge is 0.416 e. The molecule has 148 valence electrons. The molecule has 28 heavy (non-hydrogen) atoms. The Balaban J connectivity index is 1.84. The smallest absolute Gasteiger partial charge is 0.349 e. The highest BCUT2D eigenvalue weighted by atomic mass is 35.5. The fraction of sp³-hybridized carbons (Fsp3) is 0.263. The predicted octanol–water partition coefficient (Wildman–Crippen LogP) is 5.55. The average molecular weight is 431 g/mol. The van der Waals surface area contributed by atoms with Gasteiger partial charge < -0.3 is 10.6 Å².